The molecule has 1 aromatic heterocycles. The Morgan fingerprint density at radius 3 is 2.87 bits per heavy atom. The average Bonchev–Trinajstić information content (AvgIpc) is 2.79. The molecule has 2 aromatic rings. The van der Waals surface area contributed by atoms with E-state index < -0.39 is 0 Å². The molecule has 0 atom stereocenters. The zero-order valence-corrected chi connectivity index (χ0v) is 9.04. The van der Waals surface area contributed by atoms with Crippen molar-refractivity contribution < 1.29 is 4.74 Å². The number of para-hydroxylation sites is 1. The number of benzene rings is 1. The van der Waals surface area contributed by atoms with Crippen LogP contribution in [0.25, 0.3) is 0 Å². The molecule has 0 spiro atoms. The summed E-state index contributed by atoms with van der Waals surface area (Å²) in [6.45, 7) is 0.690. The highest BCUT2D eigenvalue weighted by atomic mass is 32.2. The first-order chi connectivity index (χ1) is 7.45. The summed E-state index contributed by atoms with van der Waals surface area (Å²) in [4.78, 5) is 7.14. The summed E-state index contributed by atoms with van der Waals surface area (Å²) in [6, 6.07) is 9.82. The number of rotatable bonds is 5. The second-order valence-electron chi connectivity index (χ2n) is 2.90. The van der Waals surface area contributed by atoms with E-state index in [-0.39, 0.29) is 0 Å². The van der Waals surface area contributed by atoms with Crippen LogP contribution in [-0.2, 0) is 0 Å². The minimum absolute atomic E-state index is 0.690. The van der Waals surface area contributed by atoms with Crippen LogP contribution in [0.4, 0.5) is 0 Å². The molecule has 0 aliphatic heterocycles. The van der Waals surface area contributed by atoms with E-state index in [1.165, 1.54) is 0 Å². The van der Waals surface area contributed by atoms with Gasteiger partial charge < -0.3 is 9.72 Å². The fourth-order valence-corrected chi connectivity index (χ4v) is 1.79. The maximum Gasteiger partial charge on any atom is 0.165 e. The van der Waals surface area contributed by atoms with Gasteiger partial charge in [0.25, 0.3) is 0 Å². The summed E-state index contributed by atoms with van der Waals surface area (Å²) < 4.78 is 5.54. The monoisotopic (exact) mass is 220 g/mol. The summed E-state index contributed by atoms with van der Waals surface area (Å²) in [5, 5.41) is 0.937. The molecule has 0 aliphatic rings. The van der Waals surface area contributed by atoms with E-state index in [2.05, 4.69) is 9.97 Å². The highest BCUT2D eigenvalue weighted by molar-refractivity contribution is 7.99. The second-order valence-corrected chi connectivity index (χ2v) is 3.99. The molecule has 0 saturated heterocycles. The minimum Gasteiger partial charge on any atom is -0.493 e. The Bertz CT molecular complexity index is 375. The third-order valence-electron chi connectivity index (χ3n) is 1.81. The molecule has 1 aromatic carbocycles. The Kier molecular flexibility index (Phi) is 3.68. The Hall–Kier alpha value is -1.42. The molecule has 4 heteroatoms. The topological polar surface area (TPSA) is 37.9 Å². The molecule has 0 saturated carbocycles. The Labute approximate surface area is 92.9 Å². The number of imidazole rings is 1. The summed E-state index contributed by atoms with van der Waals surface area (Å²) in [5.74, 6) is 1.81. The van der Waals surface area contributed by atoms with Gasteiger partial charge in [-0.25, -0.2) is 4.98 Å². The largest absolute Gasteiger partial charge is 0.493 e. The van der Waals surface area contributed by atoms with Gasteiger partial charge in [0, 0.05) is 18.1 Å². The number of thioether (sulfide) groups is 1. The zero-order valence-electron chi connectivity index (χ0n) is 8.22. The molecule has 78 valence electrons. The molecule has 0 unspecified atom stereocenters. The standard InChI is InChI=1S/C11H12N2OS/c1-2-4-10(5-3-1)14-8-9-15-11-12-6-7-13-11/h1-7H,8-9H2,(H,12,13). The van der Waals surface area contributed by atoms with Gasteiger partial charge in [-0.1, -0.05) is 30.0 Å². The molecule has 2 rings (SSSR count). The van der Waals surface area contributed by atoms with Crippen LogP contribution in [0.3, 0.4) is 0 Å². The van der Waals surface area contributed by atoms with E-state index in [4.69, 9.17) is 4.74 Å². The first-order valence-electron chi connectivity index (χ1n) is 4.75. The maximum absolute atomic E-state index is 5.54. The average molecular weight is 220 g/mol. The van der Waals surface area contributed by atoms with Gasteiger partial charge in [-0.2, -0.15) is 0 Å². The molecule has 15 heavy (non-hydrogen) atoms. The Balaban J connectivity index is 1.68. The summed E-state index contributed by atoms with van der Waals surface area (Å²) >= 11 is 1.65. The van der Waals surface area contributed by atoms with Crippen molar-refractivity contribution in [3.63, 3.8) is 0 Å². The molecule has 0 fully saturated rings. The van der Waals surface area contributed by atoms with Crippen molar-refractivity contribution in [3.8, 4) is 5.75 Å². The number of nitrogens with one attached hydrogen (secondary N) is 1. The quantitative estimate of drug-likeness (QED) is 0.621. The van der Waals surface area contributed by atoms with Crippen LogP contribution in [0.5, 0.6) is 5.75 Å². The first-order valence-corrected chi connectivity index (χ1v) is 5.74. The highest BCUT2D eigenvalue weighted by Crippen LogP contribution is 2.13. The lowest BCUT2D eigenvalue weighted by Gasteiger charge is -2.04. The normalized spacial score (nSPS) is 10.1. The van der Waals surface area contributed by atoms with Gasteiger partial charge in [0.15, 0.2) is 5.16 Å². The Morgan fingerprint density at radius 1 is 1.27 bits per heavy atom. The third-order valence-corrected chi connectivity index (χ3v) is 2.67. The number of H-pyrrole nitrogens is 1. The van der Waals surface area contributed by atoms with E-state index >= 15 is 0 Å². The number of ether oxygens (including phenoxy) is 1. The lowest BCUT2D eigenvalue weighted by molar-refractivity contribution is 0.344. The minimum atomic E-state index is 0.690. The lowest BCUT2D eigenvalue weighted by atomic mass is 10.3. The van der Waals surface area contributed by atoms with E-state index in [0.29, 0.717) is 6.61 Å². The summed E-state index contributed by atoms with van der Waals surface area (Å²) in [6.07, 6.45) is 3.57. The zero-order chi connectivity index (χ0) is 10.3. The van der Waals surface area contributed by atoms with E-state index in [9.17, 15) is 0 Å². The molecule has 0 radical (unpaired) electrons. The fraction of sp³-hybridized carbons (Fsp3) is 0.182. The smallest absolute Gasteiger partial charge is 0.165 e. The molecule has 1 N–H and O–H groups in total. The molecule has 0 amide bonds. The SMILES string of the molecule is c1ccc(OCCSc2ncc[nH]2)cc1. The number of aromatic nitrogens is 2. The van der Waals surface area contributed by atoms with Crippen LogP contribution < -0.4 is 4.74 Å². The maximum atomic E-state index is 5.54. The van der Waals surface area contributed by atoms with Crippen molar-refractivity contribution in [3.05, 3.63) is 42.7 Å². The van der Waals surface area contributed by atoms with Crippen LogP contribution in [-0.4, -0.2) is 22.3 Å². The molecule has 0 bridgehead atoms. The highest BCUT2D eigenvalue weighted by Gasteiger charge is 1.96. The van der Waals surface area contributed by atoms with Crippen LogP contribution >= 0.6 is 11.8 Å². The molecule has 0 aliphatic carbocycles. The van der Waals surface area contributed by atoms with Gasteiger partial charge in [-0.15, -0.1) is 0 Å². The molecule has 1 heterocycles. The lowest BCUT2D eigenvalue weighted by Crippen LogP contribution is -1.99. The van der Waals surface area contributed by atoms with Gasteiger partial charge >= 0.3 is 0 Å². The summed E-state index contributed by atoms with van der Waals surface area (Å²) in [7, 11) is 0. The van der Waals surface area contributed by atoms with Gasteiger partial charge in [-0.3, -0.25) is 0 Å². The van der Waals surface area contributed by atoms with E-state index in [0.717, 1.165) is 16.7 Å². The van der Waals surface area contributed by atoms with Crippen LogP contribution in [0.1, 0.15) is 0 Å². The summed E-state index contributed by atoms with van der Waals surface area (Å²) in [5.41, 5.74) is 0. The number of aromatic amines is 1. The number of hydrogen-bond acceptors (Lipinski definition) is 3. The van der Waals surface area contributed by atoms with Crippen LogP contribution in [0.2, 0.25) is 0 Å². The number of nitrogens with zero attached hydrogens (tertiary/aromatic N) is 1. The van der Waals surface area contributed by atoms with Gasteiger partial charge in [-0.05, 0) is 12.1 Å². The predicted octanol–water partition coefficient (Wildman–Crippen LogP) is 2.58. The fourth-order valence-electron chi connectivity index (χ4n) is 1.14. The third kappa shape index (κ3) is 3.32. The predicted molar refractivity (Wildman–Crippen MR) is 61.2 cm³/mol. The van der Waals surface area contributed by atoms with Gasteiger partial charge in [0.1, 0.15) is 5.75 Å². The van der Waals surface area contributed by atoms with Crippen molar-refractivity contribution in [1.29, 1.82) is 0 Å². The molecular formula is C11H12N2OS. The van der Waals surface area contributed by atoms with Crippen molar-refractivity contribution in [1.82, 2.24) is 9.97 Å². The van der Waals surface area contributed by atoms with Gasteiger partial charge in [0.2, 0.25) is 0 Å². The molecular weight excluding hydrogens is 208 g/mol. The van der Waals surface area contributed by atoms with Crippen molar-refractivity contribution in [2.45, 2.75) is 5.16 Å². The van der Waals surface area contributed by atoms with Crippen molar-refractivity contribution >= 4 is 11.8 Å². The van der Waals surface area contributed by atoms with Crippen LogP contribution in [0.15, 0.2) is 47.9 Å². The van der Waals surface area contributed by atoms with E-state index in [1.807, 2.05) is 36.5 Å². The van der Waals surface area contributed by atoms with Crippen molar-refractivity contribution in [2.75, 3.05) is 12.4 Å². The first kappa shape index (κ1) is 10.1. The Morgan fingerprint density at radius 2 is 2.13 bits per heavy atom. The van der Waals surface area contributed by atoms with Crippen LogP contribution in [0, 0.1) is 0 Å². The number of hydrogen-bond donors (Lipinski definition) is 1. The second kappa shape index (κ2) is 5.46. The van der Waals surface area contributed by atoms with Gasteiger partial charge in [0.05, 0.1) is 6.61 Å². The van der Waals surface area contributed by atoms with Crippen molar-refractivity contribution in [2.24, 2.45) is 0 Å². The van der Waals surface area contributed by atoms with E-state index in [1.54, 1.807) is 18.0 Å². The molecule has 3 nitrogen and oxygen atoms in total.